The van der Waals surface area contributed by atoms with E-state index in [-0.39, 0.29) is 5.91 Å². The first-order valence-electron chi connectivity index (χ1n) is 7.45. The van der Waals surface area contributed by atoms with Crippen molar-refractivity contribution in [1.82, 2.24) is 10.4 Å². The first kappa shape index (κ1) is 18.6. The Morgan fingerprint density at radius 3 is 2.29 bits per heavy atom. The predicted molar refractivity (Wildman–Crippen MR) is 106 cm³/mol. The molecule has 0 aliphatic heterocycles. The maximum atomic E-state index is 11.9. The van der Waals surface area contributed by atoms with Crippen LogP contribution < -0.4 is 10.3 Å². The van der Waals surface area contributed by atoms with Crippen molar-refractivity contribution in [1.29, 1.82) is 0 Å². The Balaban J connectivity index is 1.94. The number of aromatic nitrogens is 1. The topological polar surface area (TPSA) is 57.6 Å². The Morgan fingerprint density at radius 1 is 1.08 bits per heavy atom. The van der Waals surface area contributed by atoms with Crippen LogP contribution in [0.15, 0.2) is 53.9 Å². The molecule has 0 unspecified atom stereocenters. The Hall–Kier alpha value is -1.73. The maximum Gasteiger partial charge on any atom is 0.271 e. The zero-order valence-corrected chi connectivity index (χ0v) is 16.2. The van der Waals surface area contributed by atoms with Crippen LogP contribution in [0.25, 0.3) is 0 Å². The molecule has 2 rings (SSSR count). The molecule has 24 heavy (non-hydrogen) atoms. The molecule has 0 aliphatic carbocycles. The smallest absolute Gasteiger partial charge is 0.271 e. The summed E-state index contributed by atoms with van der Waals surface area (Å²) in [7, 11) is 0. The Bertz CT molecular complexity index is 656. The molecule has 0 spiro atoms. The van der Waals surface area contributed by atoms with Gasteiger partial charge >= 0.3 is 0 Å². The summed E-state index contributed by atoms with van der Waals surface area (Å²) in [5.74, 6) is -0.258. The summed E-state index contributed by atoms with van der Waals surface area (Å²) in [6, 6.07) is 11.3. The number of hydrazone groups is 1. The highest BCUT2D eigenvalue weighted by molar-refractivity contribution is 9.09. The van der Waals surface area contributed by atoms with E-state index < -0.39 is 0 Å². The summed E-state index contributed by atoms with van der Waals surface area (Å²) in [6.07, 6.45) is 4.77. The molecule has 0 saturated carbocycles. The van der Waals surface area contributed by atoms with Gasteiger partial charge in [-0.3, -0.25) is 9.78 Å². The molecule has 0 bridgehead atoms. The second kappa shape index (κ2) is 10.2. The molecular weight excluding hydrogens is 436 g/mol. The number of nitrogens with zero attached hydrogens (tertiary/aromatic N) is 3. The molecule has 1 aromatic heterocycles. The SMILES string of the molecule is O=C(NN=Cc1ccc(N(CCBr)CCBr)cc1)c1ccncc1. The Labute approximate surface area is 158 Å². The van der Waals surface area contributed by atoms with Crippen LogP contribution in [0.2, 0.25) is 0 Å². The van der Waals surface area contributed by atoms with Crippen LogP contribution in [-0.4, -0.2) is 40.9 Å². The number of hydrogen-bond donors (Lipinski definition) is 1. The molecule has 0 saturated heterocycles. The molecule has 0 aliphatic rings. The van der Waals surface area contributed by atoms with Crippen LogP contribution in [0.1, 0.15) is 15.9 Å². The minimum Gasteiger partial charge on any atom is -0.370 e. The highest BCUT2D eigenvalue weighted by Gasteiger charge is 2.05. The number of amides is 1. The van der Waals surface area contributed by atoms with Crippen molar-refractivity contribution in [2.75, 3.05) is 28.6 Å². The zero-order valence-electron chi connectivity index (χ0n) is 13.0. The third kappa shape index (κ3) is 5.72. The van der Waals surface area contributed by atoms with Crippen LogP contribution in [-0.2, 0) is 0 Å². The van der Waals surface area contributed by atoms with Crippen molar-refractivity contribution >= 4 is 49.7 Å². The first-order valence-corrected chi connectivity index (χ1v) is 9.69. The fourth-order valence-electron chi connectivity index (χ4n) is 2.08. The first-order chi connectivity index (χ1) is 11.7. The van der Waals surface area contributed by atoms with Gasteiger partial charge in [0.2, 0.25) is 0 Å². The van der Waals surface area contributed by atoms with Gasteiger partial charge in [-0.05, 0) is 29.8 Å². The summed E-state index contributed by atoms with van der Waals surface area (Å²) >= 11 is 6.95. The number of alkyl halides is 2. The fourth-order valence-corrected chi connectivity index (χ4v) is 2.93. The van der Waals surface area contributed by atoms with Crippen molar-refractivity contribution < 1.29 is 4.79 Å². The summed E-state index contributed by atoms with van der Waals surface area (Å²) < 4.78 is 0. The van der Waals surface area contributed by atoms with E-state index in [4.69, 9.17) is 0 Å². The van der Waals surface area contributed by atoms with E-state index in [0.717, 1.165) is 35.0 Å². The van der Waals surface area contributed by atoms with Crippen molar-refractivity contribution in [3.63, 3.8) is 0 Å². The molecule has 0 fully saturated rings. The molecule has 1 N–H and O–H groups in total. The van der Waals surface area contributed by atoms with E-state index >= 15 is 0 Å². The number of rotatable bonds is 8. The standard InChI is InChI=1S/C17H18Br2N4O/c18-7-11-23(12-8-19)16-3-1-14(2-4-16)13-21-22-17(24)15-5-9-20-10-6-15/h1-6,9-10,13H,7-8,11-12H2,(H,22,24). The van der Waals surface area contributed by atoms with Gasteiger partial charge in [-0.1, -0.05) is 44.0 Å². The summed E-state index contributed by atoms with van der Waals surface area (Å²) in [5, 5.41) is 5.83. The third-order valence-corrected chi connectivity index (χ3v) is 4.00. The molecule has 1 heterocycles. The van der Waals surface area contributed by atoms with Gasteiger partial charge < -0.3 is 4.90 Å². The number of carbonyl (C=O) groups is 1. The lowest BCUT2D eigenvalue weighted by atomic mass is 10.2. The average Bonchev–Trinajstić information content (AvgIpc) is 2.63. The molecule has 0 radical (unpaired) electrons. The molecule has 0 atom stereocenters. The molecule has 1 amide bonds. The zero-order chi connectivity index (χ0) is 17.2. The molecular formula is C17H18Br2N4O. The van der Waals surface area contributed by atoms with Crippen molar-refractivity contribution in [3.05, 3.63) is 59.9 Å². The molecule has 7 heteroatoms. The van der Waals surface area contributed by atoms with Crippen molar-refractivity contribution in [2.45, 2.75) is 0 Å². The Morgan fingerprint density at radius 2 is 1.71 bits per heavy atom. The van der Waals surface area contributed by atoms with Crippen LogP contribution in [0.3, 0.4) is 0 Å². The number of pyridine rings is 1. The minimum absolute atomic E-state index is 0.258. The summed E-state index contributed by atoms with van der Waals surface area (Å²) in [6.45, 7) is 1.89. The number of anilines is 1. The predicted octanol–water partition coefficient (Wildman–Crippen LogP) is 3.44. The van der Waals surface area contributed by atoms with Crippen LogP contribution >= 0.6 is 31.9 Å². The van der Waals surface area contributed by atoms with Crippen molar-refractivity contribution in [3.8, 4) is 0 Å². The summed E-state index contributed by atoms with van der Waals surface area (Å²) in [5.41, 5.74) is 5.11. The van der Waals surface area contributed by atoms with E-state index in [1.54, 1.807) is 30.7 Å². The normalized spacial score (nSPS) is 10.8. The van der Waals surface area contributed by atoms with Crippen LogP contribution in [0.4, 0.5) is 5.69 Å². The number of carbonyl (C=O) groups excluding carboxylic acids is 1. The van der Waals surface area contributed by atoms with Crippen molar-refractivity contribution in [2.24, 2.45) is 5.10 Å². The number of nitrogens with one attached hydrogen (secondary N) is 1. The maximum absolute atomic E-state index is 11.9. The second-order valence-electron chi connectivity index (χ2n) is 4.89. The number of hydrogen-bond acceptors (Lipinski definition) is 4. The minimum atomic E-state index is -0.258. The van der Waals surface area contributed by atoms with Gasteiger partial charge in [0.25, 0.3) is 5.91 Å². The van der Waals surface area contributed by atoms with E-state index in [2.05, 4.69) is 64.4 Å². The average molecular weight is 454 g/mol. The van der Waals surface area contributed by atoms with Gasteiger partial charge in [0.05, 0.1) is 6.21 Å². The van der Waals surface area contributed by atoms with Crippen LogP contribution in [0, 0.1) is 0 Å². The largest absolute Gasteiger partial charge is 0.370 e. The lowest BCUT2D eigenvalue weighted by Gasteiger charge is -2.23. The van der Waals surface area contributed by atoms with E-state index in [1.807, 2.05) is 12.1 Å². The van der Waals surface area contributed by atoms with Crippen LogP contribution in [0.5, 0.6) is 0 Å². The van der Waals surface area contributed by atoms with Gasteiger partial charge in [0.1, 0.15) is 0 Å². The fraction of sp³-hybridized carbons (Fsp3) is 0.235. The Kier molecular flexibility index (Phi) is 7.91. The lowest BCUT2D eigenvalue weighted by Crippen LogP contribution is -2.27. The van der Waals surface area contributed by atoms with Gasteiger partial charge in [-0.25, -0.2) is 5.43 Å². The molecule has 2 aromatic rings. The lowest BCUT2D eigenvalue weighted by molar-refractivity contribution is 0.0955. The highest BCUT2D eigenvalue weighted by Crippen LogP contribution is 2.15. The van der Waals surface area contributed by atoms with E-state index in [9.17, 15) is 4.79 Å². The quantitative estimate of drug-likeness (QED) is 0.378. The second-order valence-corrected chi connectivity index (χ2v) is 6.48. The van der Waals surface area contributed by atoms with Gasteiger partial charge in [0.15, 0.2) is 0 Å². The third-order valence-electron chi connectivity index (χ3n) is 3.29. The molecule has 5 nitrogen and oxygen atoms in total. The molecule has 1 aromatic carbocycles. The van der Waals surface area contributed by atoms with Gasteiger partial charge in [-0.2, -0.15) is 5.10 Å². The number of halogens is 2. The van der Waals surface area contributed by atoms with Gasteiger partial charge in [-0.15, -0.1) is 0 Å². The van der Waals surface area contributed by atoms with Gasteiger partial charge in [0, 0.05) is 47.4 Å². The van der Waals surface area contributed by atoms with E-state index in [0.29, 0.717) is 5.56 Å². The highest BCUT2D eigenvalue weighted by atomic mass is 79.9. The summed E-state index contributed by atoms with van der Waals surface area (Å²) in [4.78, 5) is 18.0. The van der Waals surface area contributed by atoms with E-state index in [1.165, 1.54) is 0 Å². The number of benzene rings is 1. The molecule has 126 valence electrons. The monoisotopic (exact) mass is 452 g/mol.